The zero-order valence-corrected chi connectivity index (χ0v) is 12.9. The SMILES string of the molecule is CNCc1ccc(S(=O)(=O)Nc2cc(Br)ccc2F)o1. The molecule has 2 aromatic rings. The van der Waals surface area contributed by atoms with Gasteiger partial charge in [-0.15, -0.1) is 0 Å². The molecule has 0 aliphatic rings. The molecule has 0 bridgehead atoms. The summed E-state index contributed by atoms with van der Waals surface area (Å²) in [7, 11) is -2.24. The Morgan fingerprint density at radius 2 is 2.05 bits per heavy atom. The zero-order valence-electron chi connectivity index (χ0n) is 10.5. The molecule has 5 nitrogen and oxygen atoms in total. The van der Waals surface area contributed by atoms with Crippen molar-refractivity contribution < 1.29 is 17.2 Å². The van der Waals surface area contributed by atoms with Crippen molar-refractivity contribution in [3.05, 3.63) is 46.4 Å². The molecule has 0 radical (unpaired) electrons. The van der Waals surface area contributed by atoms with Gasteiger partial charge in [-0.1, -0.05) is 15.9 Å². The number of rotatable bonds is 5. The Morgan fingerprint density at radius 1 is 1.30 bits per heavy atom. The molecule has 1 aromatic carbocycles. The summed E-state index contributed by atoms with van der Waals surface area (Å²) in [6.45, 7) is 0.404. The third-order valence-electron chi connectivity index (χ3n) is 2.43. The van der Waals surface area contributed by atoms with E-state index in [9.17, 15) is 12.8 Å². The Bertz CT molecular complexity index is 715. The molecule has 0 aliphatic carbocycles. The van der Waals surface area contributed by atoms with Gasteiger partial charge in [0.15, 0.2) is 0 Å². The van der Waals surface area contributed by atoms with E-state index in [1.54, 1.807) is 13.1 Å². The van der Waals surface area contributed by atoms with Crippen molar-refractivity contribution >= 4 is 31.6 Å². The minimum Gasteiger partial charge on any atom is -0.446 e. The molecular weight excluding hydrogens is 351 g/mol. The molecule has 0 aliphatic heterocycles. The number of anilines is 1. The fourth-order valence-corrected chi connectivity index (χ4v) is 2.91. The standard InChI is InChI=1S/C12H12BrFN2O3S/c1-15-7-9-3-5-12(19-9)20(17,18)16-11-6-8(13)2-4-10(11)14/h2-6,15-16H,7H2,1H3. The molecule has 0 unspecified atom stereocenters. The summed E-state index contributed by atoms with van der Waals surface area (Å²) in [4.78, 5) is 0. The Kier molecular flexibility index (Phi) is 4.46. The van der Waals surface area contributed by atoms with Crippen LogP contribution in [0.15, 0.2) is 44.3 Å². The minimum atomic E-state index is -3.96. The molecule has 2 rings (SSSR count). The Balaban J connectivity index is 2.28. The van der Waals surface area contributed by atoms with E-state index < -0.39 is 15.8 Å². The fourth-order valence-electron chi connectivity index (χ4n) is 1.54. The van der Waals surface area contributed by atoms with Gasteiger partial charge in [0.05, 0.1) is 12.2 Å². The molecule has 0 amide bonds. The monoisotopic (exact) mass is 362 g/mol. The number of benzene rings is 1. The van der Waals surface area contributed by atoms with Gasteiger partial charge in [0.1, 0.15) is 11.6 Å². The lowest BCUT2D eigenvalue weighted by molar-refractivity contribution is 0.408. The van der Waals surface area contributed by atoms with E-state index in [1.165, 1.54) is 18.2 Å². The van der Waals surface area contributed by atoms with Crippen molar-refractivity contribution in [2.45, 2.75) is 11.6 Å². The van der Waals surface area contributed by atoms with Crippen molar-refractivity contribution in [3.63, 3.8) is 0 Å². The van der Waals surface area contributed by atoms with Gasteiger partial charge in [-0.2, -0.15) is 8.42 Å². The van der Waals surface area contributed by atoms with E-state index in [-0.39, 0.29) is 10.8 Å². The zero-order chi connectivity index (χ0) is 14.8. The van der Waals surface area contributed by atoms with Crippen molar-refractivity contribution in [1.29, 1.82) is 0 Å². The van der Waals surface area contributed by atoms with Gasteiger partial charge in [-0.3, -0.25) is 4.72 Å². The van der Waals surface area contributed by atoms with Gasteiger partial charge in [0, 0.05) is 4.47 Å². The summed E-state index contributed by atoms with van der Waals surface area (Å²) in [5.74, 6) is -0.193. The van der Waals surface area contributed by atoms with Gasteiger partial charge < -0.3 is 9.73 Å². The highest BCUT2D eigenvalue weighted by Crippen LogP contribution is 2.24. The summed E-state index contributed by atoms with van der Waals surface area (Å²) in [5.41, 5.74) is -0.147. The first-order valence-electron chi connectivity index (χ1n) is 5.63. The summed E-state index contributed by atoms with van der Waals surface area (Å²) >= 11 is 3.15. The van der Waals surface area contributed by atoms with Crippen LogP contribution in [0.4, 0.5) is 10.1 Å². The van der Waals surface area contributed by atoms with Crippen LogP contribution in [0.1, 0.15) is 5.76 Å². The maximum Gasteiger partial charge on any atom is 0.295 e. The third-order valence-corrected chi connectivity index (χ3v) is 4.16. The minimum absolute atomic E-state index is 0.147. The van der Waals surface area contributed by atoms with Gasteiger partial charge in [0.2, 0.25) is 5.09 Å². The highest BCUT2D eigenvalue weighted by atomic mass is 79.9. The maximum atomic E-state index is 13.6. The topological polar surface area (TPSA) is 71.3 Å². The van der Waals surface area contributed by atoms with Gasteiger partial charge in [-0.25, -0.2) is 4.39 Å². The Hall–Kier alpha value is -1.38. The molecule has 1 heterocycles. The molecule has 2 N–H and O–H groups in total. The van der Waals surface area contributed by atoms with Crippen molar-refractivity contribution in [3.8, 4) is 0 Å². The lowest BCUT2D eigenvalue weighted by Crippen LogP contribution is -2.13. The predicted molar refractivity (Wildman–Crippen MR) is 76.4 cm³/mol. The molecule has 0 atom stereocenters. The number of nitrogens with one attached hydrogen (secondary N) is 2. The molecular formula is C12H12BrFN2O3S. The van der Waals surface area contributed by atoms with Crippen LogP contribution in [0.2, 0.25) is 0 Å². The summed E-state index contributed by atoms with van der Waals surface area (Å²) < 4.78 is 45.6. The third kappa shape index (κ3) is 3.38. The Morgan fingerprint density at radius 3 is 2.75 bits per heavy atom. The maximum absolute atomic E-state index is 13.6. The molecule has 0 spiro atoms. The van der Waals surface area contributed by atoms with Crippen LogP contribution in [-0.2, 0) is 16.6 Å². The lowest BCUT2D eigenvalue weighted by atomic mass is 10.3. The number of furan rings is 1. The van der Waals surface area contributed by atoms with Gasteiger partial charge >= 0.3 is 0 Å². The van der Waals surface area contributed by atoms with E-state index in [0.29, 0.717) is 16.8 Å². The highest BCUT2D eigenvalue weighted by molar-refractivity contribution is 9.10. The van der Waals surface area contributed by atoms with E-state index in [1.807, 2.05) is 0 Å². The number of sulfonamides is 1. The van der Waals surface area contributed by atoms with Crippen molar-refractivity contribution in [2.24, 2.45) is 0 Å². The molecule has 0 saturated carbocycles. The quantitative estimate of drug-likeness (QED) is 0.857. The molecule has 0 fully saturated rings. The first-order valence-corrected chi connectivity index (χ1v) is 7.91. The van der Waals surface area contributed by atoms with E-state index >= 15 is 0 Å². The van der Waals surface area contributed by atoms with Crippen molar-refractivity contribution in [2.75, 3.05) is 11.8 Å². The smallest absolute Gasteiger partial charge is 0.295 e. The average Bonchev–Trinajstić information content (AvgIpc) is 2.83. The molecule has 1 aromatic heterocycles. The largest absolute Gasteiger partial charge is 0.446 e. The fraction of sp³-hybridized carbons (Fsp3) is 0.167. The van der Waals surface area contributed by atoms with Gasteiger partial charge in [0.25, 0.3) is 10.0 Å². The van der Waals surface area contributed by atoms with Crippen molar-refractivity contribution in [1.82, 2.24) is 5.32 Å². The predicted octanol–water partition coefficient (Wildman–Crippen LogP) is 2.70. The number of hydrogen-bond donors (Lipinski definition) is 2. The highest BCUT2D eigenvalue weighted by Gasteiger charge is 2.20. The summed E-state index contributed by atoms with van der Waals surface area (Å²) in [6, 6.07) is 6.85. The second-order valence-corrected chi connectivity index (χ2v) is 6.51. The molecule has 108 valence electrons. The first-order chi connectivity index (χ1) is 9.42. The van der Waals surface area contributed by atoms with Crippen LogP contribution in [0.25, 0.3) is 0 Å². The molecule has 0 saturated heterocycles. The second-order valence-electron chi connectivity index (χ2n) is 3.98. The van der Waals surface area contributed by atoms with Gasteiger partial charge in [-0.05, 0) is 37.4 Å². The van der Waals surface area contributed by atoms with Crippen LogP contribution in [0.5, 0.6) is 0 Å². The number of hydrogen-bond acceptors (Lipinski definition) is 4. The van der Waals surface area contributed by atoms with Crippen LogP contribution < -0.4 is 10.0 Å². The summed E-state index contributed by atoms with van der Waals surface area (Å²) in [6.07, 6.45) is 0. The van der Waals surface area contributed by atoms with Crippen LogP contribution >= 0.6 is 15.9 Å². The van der Waals surface area contributed by atoms with E-state index in [4.69, 9.17) is 4.42 Å². The van der Waals surface area contributed by atoms with Crippen LogP contribution in [-0.4, -0.2) is 15.5 Å². The average molecular weight is 363 g/mol. The molecule has 20 heavy (non-hydrogen) atoms. The normalized spacial score (nSPS) is 11.6. The van der Waals surface area contributed by atoms with E-state index in [2.05, 4.69) is 26.0 Å². The Labute approximate surface area is 124 Å². The van der Waals surface area contributed by atoms with Crippen LogP contribution in [0, 0.1) is 5.82 Å². The van der Waals surface area contributed by atoms with E-state index in [0.717, 1.165) is 6.07 Å². The second kappa shape index (κ2) is 5.94. The first kappa shape index (κ1) is 15.0. The molecule has 8 heteroatoms. The number of halogens is 2. The van der Waals surface area contributed by atoms with Crippen LogP contribution in [0.3, 0.4) is 0 Å². The lowest BCUT2D eigenvalue weighted by Gasteiger charge is -2.07. The summed E-state index contributed by atoms with van der Waals surface area (Å²) in [5, 5.41) is 2.58.